The highest BCUT2D eigenvalue weighted by atomic mass is 32.2. The Morgan fingerprint density at radius 3 is 2.25 bits per heavy atom. The molecule has 7 nitrogen and oxygen atoms in total. The first-order valence-electron chi connectivity index (χ1n) is 9.97. The number of sulfonamides is 1. The Balaban J connectivity index is 1.80. The Kier molecular flexibility index (Phi) is 7.30. The van der Waals surface area contributed by atoms with E-state index in [0.717, 1.165) is 18.4 Å². The van der Waals surface area contributed by atoms with Crippen LogP contribution in [0.5, 0.6) is 5.75 Å². The normalized spacial score (nSPS) is 23.7. The first-order chi connectivity index (χ1) is 14.9. The average molecular weight is 486 g/mol. The maximum absolute atomic E-state index is 14.6. The molecule has 1 aromatic carbocycles. The number of halogens is 5. The van der Waals surface area contributed by atoms with Crippen LogP contribution in [0.25, 0.3) is 0 Å². The van der Waals surface area contributed by atoms with E-state index >= 15 is 0 Å². The van der Waals surface area contributed by atoms with Gasteiger partial charge in [0.15, 0.2) is 23.6 Å². The van der Waals surface area contributed by atoms with Gasteiger partial charge in [0.2, 0.25) is 10.0 Å². The van der Waals surface area contributed by atoms with Crippen LogP contribution < -0.4 is 10.1 Å². The van der Waals surface area contributed by atoms with E-state index in [4.69, 9.17) is 4.74 Å². The summed E-state index contributed by atoms with van der Waals surface area (Å²) in [6.07, 6.45) is -5.81. The SMILES string of the molecule is CS(=O)(=O)N1CCC(c2cc(F)c(OC3CCNCC3)c(F)c2)CC1OC(=O)C(F)(F)F. The van der Waals surface area contributed by atoms with Crippen molar-refractivity contribution in [2.75, 3.05) is 25.9 Å². The zero-order valence-corrected chi connectivity index (χ0v) is 17.9. The first-order valence-corrected chi connectivity index (χ1v) is 11.8. The van der Waals surface area contributed by atoms with Crippen LogP contribution in [0.1, 0.15) is 37.2 Å². The van der Waals surface area contributed by atoms with Crippen LogP contribution in [0.4, 0.5) is 22.0 Å². The summed E-state index contributed by atoms with van der Waals surface area (Å²) in [6.45, 7) is 1.03. The number of nitrogens with zero attached hydrogens (tertiary/aromatic N) is 1. The summed E-state index contributed by atoms with van der Waals surface area (Å²) >= 11 is 0. The van der Waals surface area contributed by atoms with E-state index in [-0.39, 0.29) is 31.1 Å². The van der Waals surface area contributed by atoms with Crippen molar-refractivity contribution in [2.45, 2.75) is 50.1 Å². The number of ether oxygens (including phenoxy) is 2. The highest BCUT2D eigenvalue weighted by Gasteiger charge is 2.45. The second-order valence-corrected chi connectivity index (χ2v) is 9.77. The molecule has 13 heteroatoms. The molecule has 1 N–H and O–H groups in total. The van der Waals surface area contributed by atoms with Crippen LogP contribution in [0.3, 0.4) is 0 Å². The van der Waals surface area contributed by atoms with Crippen LogP contribution in [-0.4, -0.2) is 63.1 Å². The van der Waals surface area contributed by atoms with Crippen molar-refractivity contribution in [1.82, 2.24) is 9.62 Å². The first kappa shape index (κ1) is 24.6. The fourth-order valence-corrected chi connectivity index (χ4v) is 4.89. The number of benzene rings is 1. The van der Waals surface area contributed by atoms with E-state index < -0.39 is 51.7 Å². The van der Waals surface area contributed by atoms with E-state index in [2.05, 4.69) is 10.1 Å². The Labute approximate surface area is 181 Å². The number of esters is 1. The predicted octanol–water partition coefficient (Wildman–Crippen LogP) is 2.67. The highest BCUT2D eigenvalue weighted by molar-refractivity contribution is 7.88. The smallest absolute Gasteiger partial charge is 0.484 e. The zero-order valence-electron chi connectivity index (χ0n) is 17.1. The Morgan fingerprint density at radius 2 is 1.72 bits per heavy atom. The molecule has 32 heavy (non-hydrogen) atoms. The van der Waals surface area contributed by atoms with Gasteiger partial charge in [0.05, 0.1) is 6.26 Å². The fraction of sp³-hybridized carbons (Fsp3) is 0.632. The van der Waals surface area contributed by atoms with E-state index in [0.29, 0.717) is 30.2 Å². The minimum atomic E-state index is -5.32. The van der Waals surface area contributed by atoms with Crippen molar-refractivity contribution in [2.24, 2.45) is 0 Å². The predicted molar refractivity (Wildman–Crippen MR) is 102 cm³/mol. The molecule has 0 radical (unpaired) electrons. The molecule has 0 saturated carbocycles. The van der Waals surface area contributed by atoms with Crippen molar-refractivity contribution < 1.29 is 44.6 Å². The monoisotopic (exact) mass is 486 g/mol. The molecule has 1 aromatic rings. The van der Waals surface area contributed by atoms with E-state index in [1.54, 1.807) is 0 Å². The molecular formula is C19H23F5N2O5S. The van der Waals surface area contributed by atoms with Gasteiger partial charge in [-0.25, -0.2) is 22.0 Å². The van der Waals surface area contributed by atoms with Crippen molar-refractivity contribution in [3.63, 3.8) is 0 Å². The molecule has 0 bridgehead atoms. The number of carbonyl (C=O) groups excluding carboxylic acids is 1. The molecule has 2 heterocycles. The minimum Gasteiger partial charge on any atom is -0.484 e. The number of rotatable bonds is 5. The lowest BCUT2D eigenvalue weighted by molar-refractivity contribution is -0.211. The lowest BCUT2D eigenvalue weighted by atomic mass is 9.89. The number of nitrogens with one attached hydrogen (secondary N) is 1. The quantitative estimate of drug-likeness (QED) is 0.509. The Bertz CT molecular complexity index is 927. The molecule has 2 unspecified atom stereocenters. The molecule has 0 amide bonds. The molecule has 2 aliphatic heterocycles. The molecule has 0 spiro atoms. The van der Waals surface area contributed by atoms with Gasteiger partial charge in [0.25, 0.3) is 0 Å². The molecular weight excluding hydrogens is 463 g/mol. The van der Waals surface area contributed by atoms with Crippen LogP contribution >= 0.6 is 0 Å². The van der Waals surface area contributed by atoms with Gasteiger partial charge in [-0.2, -0.15) is 17.5 Å². The van der Waals surface area contributed by atoms with Gasteiger partial charge in [0.1, 0.15) is 6.10 Å². The number of piperidine rings is 2. The Morgan fingerprint density at radius 1 is 1.12 bits per heavy atom. The van der Waals surface area contributed by atoms with Crippen LogP contribution in [-0.2, 0) is 19.6 Å². The topological polar surface area (TPSA) is 84.9 Å². The molecule has 2 atom stereocenters. The zero-order chi connectivity index (χ0) is 23.7. The van der Waals surface area contributed by atoms with Gasteiger partial charge < -0.3 is 14.8 Å². The molecule has 180 valence electrons. The standard InChI is InChI=1S/C19H23F5N2O5S/c1-32(28,29)26-7-4-11(10-16(26)31-18(27)19(22,23)24)12-8-14(20)17(15(21)9-12)30-13-2-5-25-6-3-13/h8-9,11,13,16,25H,2-7,10H2,1H3. The van der Waals surface area contributed by atoms with Crippen LogP contribution in [0.2, 0.25) is 0 Å². The Hall–Kier alpha value is -1.99. The van der Waals surface area contributed by atoms with Gasteiger partial charge in [-0.15, -0.1) is 0 Å². The second-order valence-electron chi connectivity index (χ2n) is 7.83. The molecule has 2 fully saturated rings. The number of alkyl halides is 3. The summed E-state index contributed by atoms with van der Waals surface area (Å²) in [5.74, 6) is -5.74. The third kappa shape index (κ3) is 5.87. The van der Waals surface area contributed by atoms with Gasteiger partial charge in [-0.3, -0.25) is 0 Å². The molecule has 0 aliphatic carbocycles. The minimum absolute atomic E-state index is 0.0700. The van der Waals surface area contributed by atoms with E-state index in [1.807, 2.05) is 0 Å². The van der Waals surface area contributed by atoms with Crippen molar-refractivity contribution in [3.05, 3.63) is 29.3 Å². The number of hydrogen-bond donors (Lipinski definition) is 1. The van der Waals surface area contributed by atoms with Gasteiger partial charge in [-0.1, -0.05) is 0 Å². The highest BCUT2D eigenvalue weighted by Crippen LogP contribution is 2.37. The van der Waals surface area contributed by atoms with E-state index in [9.17, 15) is 35.2 Å². The summed E-state index contributed by atoms with van der Waals surface area (Å²) in [7, 11) is -4.00. The van der Waals surface area contributed by atoms with Crippen LogP contribution in [0.15, 0.2) is 12.1 Å². The summed E-state index contributed by atoms with van der Waals surface area (Å²) in [6, 6.07) is 2.03. The summed E-state index contributed by atoms with van der Waals surface area (Å²) in [4.78, 5) is 11.3. The summed E-state index contributed by atoms with van der Waals surface area (Å²) < 4.78 is 101. The average Bonchev–Trinajstić information content (AvgIpc) is 2.69. The summed E-state index contributed by atoms with van der Waals surface area (Å²) in [5.41, 5.74) is 0.110. The largest absolute Gasteiger partial charge is 0.490 e. The number of carbonyl (C=O) groups is 1. The molecule has 2 aliphatic rings. The maximum atomic E-state index is 14.6. The van der Waals surface area contributed by atoms with Crippen molar-refractivity contribution in [1.29, 1.82) is 0 Å². The maximum Gasteiger partial charge on any atom is 0.490 e. The molecule has 2 saturated heterocycles. The van der Waals surface area contributed by atoms with Crippen molar-refractivity contribution in [3.8, 4) is 5.75 Å². The van der Waals surface area contributed by atoms with Crippen molar-refractivity contribution >= 4 is 16.0 Å². The summed E-state index contributed by atoms with van der Waals surface area (Å²) in [5, 5.41) is 3.10. The third-order valence-corrected chi connectivity index (χ3v) is 6.74. The fourth-order valence-electron chi connectivity index (χ4n) is 3.89. The molecule has 0 aromatic heterocycles. The lowest BCUT2D eigenvalue weighted by Gasteiger charge is -2.37. The third-order valence-electron chi connectivity index (χ3n) is 5.47. The lowest BCUT2D eigenvalue weighted by Crippen LogP contribution is -2.48. The van der Waals surface area contributed by atoms with Gasteiger partial charge in [0, 0.05) is 13.0 Å². The van der Waals surface area contributed by atoms with E-state index in [1.165, 1.54) is 0 Å². The second kappa shape index (κ2) is 9.48. The number of hydrogen-bond acceptors (Lipinski definition) is 6. The van der Waals surface area contributed by atoms with Gasteiger partial charge in [-0.05, 0) is 56.0 Å². The van der Waals surface area contributed by atoms with Gasteiger partial charge >= 0.3 is 12.1 Å². The molecule has 3 rings (SSSR count). The van der Waals surface area contributed by atoms with Crippen LogP contribution in [0, 0.1) is 11.6 Å².